The Morgan fingerprint density at radius 3 is 2.52 bits per heavy atom. The lowest BCUT2D eigenvalue weighted by Gasteiger charge is -2.45. The Morgan fingerprint density at radius 2 is 1.86 bits per heavy atom. The van der Waals surface area contributed by atoms with Gasteiger partial charge in [-0.1, -0.05) is 19.8 Å². The van der Waals surface area contributed by atoms with Crippen LogP contribution in [0.1, 0.15) is 65.2 Å². The third-order valence-electron chi connectivity index (χ3n) is 5.18. The van der Waals surface area contributed by atoms with E-state index in [1.54, 1.807) is 11.8 Å². The Kier molecular flexibility index (Phi) is 5.12. The summed E-state index contributed by atoms with van der Waals surface area (Å²) in [5.41, 5.74) is -1.04. The van der Waals surface area contributed by atoms with Crippen molar-refractivity contribution >= 4 is 12.0 Å². The van der Waals surface area contributed by atoms with Gasteiger partial charge in [0.05, 0.1) is 0 Å². The summed E-state index contributed by atoms with van der Waals surface area (Å²) >= 11 is 0. The van der Waals surface area contributed by atoms with E-state index >= 15 is 0 Å². The van der Waals surface area contributed by atoms with Crippen molar-refractivity contribution < 1.29 is 14.7 Å². The fraction of sp³-hybridized carbons (Fsp3) is 0.875. The van der Waals surface area contributed by atoms with Crippen molar-refractivity contribution in [3.8, 4) is 0 Å². The van der Waals surface area contributed by atoms with Crippen LogP contribution in [0.15, 0.2) is 0 Å². The van der Waals surface area contributed by atoms with Crippen molar-refractivity contribution in [3.05, 3.63) is 0 Å². The van der Waals surface area contributed by atoms with E-state index in [0.717, 1.165) is 45.1 Å². The van der Waals surface area contributed by atoms with E-state index in [0.29, 0.717) is 13.0 Å². The van der Waals surface area contributed by atoms with E-state index in [1.807, 2.05) is 4.90 Å². The molecule has 2 aliphatic rings. The van der Waals surface area contributed by atoms with Gasteiger partial charge in [-0.3, -0.25) is 0 Å². The van der Waals surface area contributed by atoms with E-state index in [1.165, 1.54) is 6.42 Å². The number of amides is 2. The standard InChI is InChI=1S/C16H28N2O3/c1-3-13-9-5-4-7-11-17(13)15(21)18-12-8-6-10-16(18,2)14(19)20/h13H,3-12H2,1-2H3,(H,19,20). The maximum absolute atomic E-state index is 13.0. The number of rotatable bonds is 2. The van der Waals surface area contributed by atoms with Gasteiger partial charge in [0.15, 0.2) is 0 Å². The number of carbonyl (C=O) groups is 2. The number of carboxylic acid groups (broad SMARTS) is 1. The minimum atomic E-state index is -1.04. The molecule has 2 unspecified atom stereocenters. The molecule has 0 spiro atoms. The van der Waals surface area contributed by atoms with Gasteiger partial charge < -0.3 is 14.9 Å². The molecule has 2 aliphatic heterocycles. The highest BCUT2D eigenvalue weighted by Gasteiger charge is 2.45. The minimum Gasteiger partial charge on any atom is -0.480 e. The normalized spacial score (nSPS) is 30.9. The van der Waals surface area contributed by atoms with Crippen LogP contribution in [0.4, 0.5) is 4.79 Å². The Balaban J connectivity index is 2.21. The van der Waals surface area contributed by atoms with Crippen molar-refractivity contribution in [1.82, 2.24) is 9.80 Å². The molecule has 5 heteroatoms. The van der Waals surface area contributed by atoms with Gasteiger partial charge in [0.1, 0.15) is 5.54 Å². The second kappa shape index (κ2) is 6.67. The lowest BCUT2D eigenvalue weighted by atomic mass is 9.88. The number of urea groups is 1. The summed E-state index contributed by atoms with van der Waals surface area (Å²) in [5.74, 6) is -0.876. The zero-order chi connectivity index (χ0) is 15.5. The first-order valence-corrected chi connectivity index (χ1v) is 8.32. The molecule has 1 N–H and O–H groups in total. The zero-order valence-corrected chi connectivity index (χ0v) is 13.3. The van der Waals surface area contributed by atoms with E-state index in [4.69, 9.17) is 0 Å². The fourth-order valence-corrected chi connectivity index (χ4v) is 3.66. The molecule has 2 fully saturated rings. The van der Waals surface area contributed by atoms with Gasteiger partial charge in [-0.2, -0.15) is 0 Å². The van der Waals surface area contributed by atoms with Gasteiger partial charge in [0.25, 0.3) is 0 Å². The molecular weight excluding hydrogens is 268 g/mol. The summed E-state index contributed by atoms with van der Waals surface area (Å²) in [6, 6.07) is 0.202. The summed E-state index contributed by atoms with van der Waals surface area (Å²) in [6.45, 7) is 5.14. The van der Waals surface area contributed by atoms with Crippen LogP contribution in [-0.2, 0) is 4.79 Å². The van der Waals surface area contributed by atoms with Crippen molar-refractivity contribution in [3.63, 3.8) is 0 Å². The van der Waals surface area contributed by atoms with Crippen molar-refractivity contribution in [1.29, 1.82) is 0 Å². The molecule has 2 rings (SSSR count). The molecule has 2 amide bonds. The largest absolute Gasteiger partial charge is 0.480 e. The average Bonchev–Trinajstić information content (AvgIpc) is 2.72. The molecule has 5 nitrogen and oxygen atoms in total. The lowest BCUT2D eigenvalue weighted by molar-refractivity contribution is -0.151. The third-order valence-corrected chi connectivity index (χ3v) is 5.18. The number of aliphatic carboxylic acids is 1. The summed E-state index contributed by atoms with van der Waals surface area (Å²) in [4.78, 5) is 28.2. The first kappa shape index (κ1) is 16.1. The molecule has 21 heavy (non-hydrogen) atoms. The molecule has 2 saturated heterocycles. The maximum Gasteiger partial charge on any atom is 0.329 e. The number of nitrogens with zero attached hydrogens (tertiary/aromatic N) is 2. The quantitative estimate of drug-likeness (QED) is 0.851. The fourth-order valence-electron chi connectivity index (χ4n) is 3.66. The van der Waals surface area contributed by atoms with Crippen LogP contribution in [0.2, 0.25) is 0 Å². The minimum absolute atomic E-state index is 0.0617. The van der Waals surface area contributed by atoms with Gasteiger partial charge in [0.2, 0.25) is 0 Å². The van der Waals surface area contributed by atoms with Crippen LogP contribution < -0.4 is 0 Å². The number of likely N-dealkylation sites (tertiary alicyclic amines) is 2. The SMILES string of the molecule is CCC1CCCCCN1C(=O)N1CCCCC1(C)C(=O)O. The van der Waals surface area contributed by atoms with Crippen molar-refractivity contribution in [2.24, 2.45) is 0 Å². The van der Waals surface area contributed by atoms with Crippen LogP contribution >= 0.6 is 0 Å². The topological polar surface area (TPSA) is 60.9 Å². The molecule has 0 aromatic carbocycles. The molecule has 0 bridgehead atoms. The van der Waals surface area contributed by atoms with Crippen LogP contribution in [0.5, 0.6) is 0 Å². The first-order valence-electron chi connectivity index (χ1n) is 8.32. The molecule has 0 aromatic rings. The maximum atomic E-state index is 13.0. The highest BCUT2D eigenvalue weighted by Crippen LogP contribution is 2.31. The van der Waals surface area contributed by atoms with E-state index in [-0.39, 0.29) is 12.1 Å². The van der Waals surface area contributed by atoms with Crippen LogP contribution in [-0.4, -0.2) is 51.6 Å². The van der Waals surface area contributed by atoms with Gasteiger partial charge in [-0.25, -0.2) is 9.59 Å². The lowest BCUT2D eigenvalue weighted by Crippen LogP contribution is -2.61. The summed E-state index contributed by atoms with van der Waals surface area (Å²) < 4.78 is 0. The van der Waals surface area contributed by atoms with Crippen molar-refractivity contribution in [2.75, 3.05) is 13.1 Å². The second-order valence-electron chi connectivity index (χ2n) is 6.58. The molecule has 120 valence electrons. The Hall–Kier alpha value is -1.26. The summed E-state index contributed by atoms with van der Waals surface area (Å²) in [7, 11) is 0. The number of carboxylic acids is 1. The molecular formula is C16H28N2O3. The second-order valence-corrected chi connectivity index (χ2v) is 6.58. The Morgan fingerprint density at radius 1 is 1.14 bits per heavy atom. The molecule has 2 heterocycles. The highest BCUT2D eigenvalue weighted by molar-refractivity contribution is 5.86. The summed E-state index contributed by atoms with van der Waals surface area (Å²) in [6.07, 6.45) is 7.68. The predicted octanol–water partition coefficient (Wildman–Crippen LogP) is 3.09. The third kappa shape index (κ3) is 3.16. The van der Waals surface area contributed by atoms with Crippen molar-refractivity contribution in [2.45, 2.75) is 76.8 Å². The Bertz CT molecular complexity index is 399. The van der Waals surface area contributed by atoms with E-state index in [2.05, 4.69) is 6.92 Å². The van der Waals surface area contributed by atoms with Gasteiger partial charge >= 0.3 is 12.0 Å². The van der Waals surface area contributed by atoms with Gasteiger partial charge in [-0.05, 0) is 45.4 Å². The average molecular weight is 296 g/mol. The van der Waals surface area contributed by atoms with Gasteiger partial charge in [0, 0.05) is 19.1 Å². The predicted molar refractivity (Wildman–Crippen MR) is 81.2 cm³/mol. The van der Waals surface area contributed by atoms with Crippen LogP contribution in [0.25, 0.3) is 0 Å². The van der Waals surface area contributed by atoms with E-state index in [9.17, 15) is 14.7 Å². The molecule has 0 radical (unpaired) electrons. The molecule has 0 aliphatic carbocycles. The van der Waals surface area contributed by atoms with Gasteiger partial charge in [-0.15, -0.1) is 0 Å². The smallest absolute Gasteiger partial charge is 0.329 e. The summed E-state index contributed by atoms with van der Waals surface area (Å²) in [5, 5.41) is 9.58. The van der Waals surface area contributed by atoms with E-state index < -0.39 is 11.5 Å². The molecule has 2 atom stereocenters. The monoisotopic (exact) mass is 296 g/mol. The number of hydrogen-bond donors (Lipinski definition) is 1. The highest BCUT2D eigenvalue weighted by atomic mass is 16.4. The molecule has 0 saturated carbocycles. The van der Waals surface area contributed by atoms with Crippen LogP contribution in [0, 0.1) is 0 Å². The number of hydrogen-bond acceptors (Lipinski definition) is 2. The Labute approximate surface area is 127 Å². The number of carbonyl (C=O) groups excluding carboxylic acids is 1. The first-order chi connectivity index (χ1) is 10.0. The van der Waals surface area contributed by atoms with Crippen LogP contribution in [0.3, 0.4) is 0 Å². The number of piperidine rings is 1. The molecule has 0 aromatic heterocycles. The zero-order valence-electron chi connectivity index (χ0n) is 13.3.